The van der Waals surface area contributed by atoms with Crippen molar-refractivity contribution in [3.8, 4) is 0 Å². The zero-order valence-electron chi connectivity index (χ0n) is 55.3. The average molecular weight is 1180 g/mol. The van der Waals surface area contributed by atoms with Gasteiger partial charge in [-0.25, -0.2) is 4.57 Å². The van der Waals surface area contributed by atoms with Crippen molar-refractivity contribution in [1.29, 1.82) is 0 Å². The topological polar surface area (TPSA) is 108 Å². The van der Waals surface area contributed by atoms with Crippen molar-refractivity contribution in [3.63, 3.8) is 0 Å². The highest BCUT2D eigenvalue weighted by atomic mass is 31.2. The molecule has 1 N–H and O–H groups in total. The smallest absolute Gasteiger partial charge is 0.462 e. The second-order valence-electron chi connectivity index (χ2n) is 25.6. The predicted octanol–water partition coefficient (Wildman–Crippen LogP) is 23.1. The first-order valence-electron chi connectivity index (χ1n) is 35.7. The Kier molecular flexibility index (Phi) is 62.3. The van der Waals surface area contributed by atoms with Crippen molar-refractivity contribution in [2.75, 3.05) is 47.5 Å². The third-order valence-corrected chi connectivity index (χ3v) is 17.1. The fraction of sp³-hybridized carbons (Fsp3) is 0.889. The highest BCUT2D eigenvalue weighted by molar-refractivity contribution is 7.47. The summed E-state index contributed by atoms with van der Waals surface area (Å²) in [7, 11) is 1.49. The standard InChI is InChI=1S/C72H138NO8P/c1-6-8-10-12-14-16-18-20-22-24-26-28-30-32-33-34-35-36-37-38-39-41-42-44-46-48-50-52-54-56-58-60-62-64-71(74)78-68-70(69-80-82(76,77)79-67-66-73(3,4)5)81-72(75)65-63-61-59-57-55-53-51-49-47-45-43-40-31-29-27-25-23-21-19-17-15-13-11-9-7-2/h19,21,24-27,70H,6-18,20,22-23,28-69H2,1-5H3/p+1/b21-19-,26-24-,27-25-. The SMILES string of the molecule is CCCCCCC/C=C\C/C=C\CCCCCCCCCCCCCCCC(=O)OC(COC(=O)CCCCCCCCCCCCCCCCCCCCCCC/C=C\CCCCCCCCCC)COP(=O)(O)OCC[N+](C)(C)C. The van der Waals surface area contributed by atoms with Gasteiger partial charge in [-0.2, -0.15) is 0 Å². The third kappa shape index (κ3) is 67.4. The van der Waals surface area contributed by atoms with Crippen LogP contribution in [0, 0.1) is 0 Å². The molecule has 0 spiro atoms. The number of ether oxygens (including phenoxy) is 2. The maximum atomic E-state index is 12.9. The van der Waals surface area contributed by atoms with Gasteiger partial charge in [0.25, 0.3) is 0 Å². The normalized spacial score (nSPS) is 13.3. The van der Waals surface area contributed by atoms with Crippen LogP contribution < -0.4 is 0 Å². The van der Waals surface area contributed by atoms with Crippen LogP contribution >= 0.6 is 7.82 Å². The van der Waals surface area contributed by atoms with Gasteiger partial charge in [-0.05, 0) is 70.6 Å². The lowest BCUT2D eigenvalue weighted by Crippen LogP contribution is -2.37. The minimum atomic E-state index is -4.39. The molecular formula is C72H139NO8P+. The van der Waals surface area contributed by atoms with E-state index in [4.69, 9.17) is 18.5 Å². The third-order valence-electron chi connectivity index (χ3n) is 16.1. The molecule has 0 aromatic heterocycles. The molecule has 0 radical (unpaired) electrons. The van der Waals surface area contributed by atoms with Crippen LogP contribution in [0.2, 0.25) is 0 Å². The fourth-order valence-corrected chi connectivity index (χ4v) is 11.4. The number of likely N-dealkylation sites (N-methyl/N-ethyl adjacent to an activating group) is 1. The van der Waals surface area contributed by atoms with Crippen LogP contribution in [-0.2, 0) is 32.7 Å². The van der Waals surface area contributed by atoms with Crippen molar-refractivity contribution in [2.45, 2.75) is 367 Å². The average Bonchev–Trinajstić information content (AvgIpc) is 3.46. The van der Waals surface area contributed by atoms with E-state index in [0.29, 0.717) is 23.9 Å². The summed E-state index contributed by atoms with van der Waals surface area (Å²) in [6.45, 7) is 4.49. The number of quaternary nitrogens is 1. The van der Waals surface area contributed by atoms with E-state index >= 15 is 0 Å². The molecule has 0 aliphatic carbocycles. The van der Waals surface area contributed by atoms with Crippen molar-refractivity contribution >= 4 is 19.8 Å². The number of rotatable bonds is 67. The molecule has 2 unspecified atom stereocenters. The molecule has 484 valence electrons. The molecule has 0 aliphatic rings. The largest absolute Gasteiger partial charge is 0.472 e. The van der Waals surface area contributed by atoms with E-state index in [1.54, 1.807) is 0 Å². The summed E-state index contributed by atoms with van der Waals surface area (Å²) < 4.78 is 34.7. The Hall–Kier alpha value is -1.77. The van der Waals surface area contributed by atoms with Crippen LogP contribution in [-0.4, -0.2) is 74.9 Å². The summed E-state index contributed by atoms with van der Waals surface area (Å²) >= 11 is 0. The molecule has 0 saturated heterocycles. The minimum Gasteiger partial charge on any atom is -0.462 e. The second kappa shape index (κ2) is 63.7. The maximum Gasteiger partial charge on any atom is 0.472 e. The van der Waals surface area contributed by atoms with Crippen LogP contribution in [0.1, 0.15) is 361 Å². The number of hydrogen-bond acceptors (Lipinski definition) is 7. The molecule has 9 nitrogen and oxygen atoms in total. The van der Waals surface area contributed by atoms with Gasteiger partial charge in [-0.3, -0.25) is 18.6 Å². The van der Waals surface area contributed by atoms with Crippen LogP contribution in [0.5, 0.6) is 0 Å². The minimum absolute atomic E-state index is 0.0339. The number of esters is 2. The number of allylic oxidation sites excluding steroid dienone is 6. The van der Waals surface area contributed by atoms with E-state index in [-0.39, 0.29) is 25.6 Å². The number of hydrogen-bond donors (Lipinski definition) is 1. The Morgan fingerprint density at radius 2 is 0.659 bits per heavy atom. The first-order valence-corrected chi connectivity index (χ1v) is 37.2. The summed E-state index contributed by atoms with van der Waals surface area (Å²) in [6, 6.07) is 0. The van der Waals surface area contributed by atoms with E-state index < -0.39 is 26.5 Å². The summed E-state index contributed by atoms with van der Waals surface area (Å²) in [5.74, 6) is -0.778. The quantitative estimate of drug-likeness (QED) is 0.0211. The van der Waals surface area contributed by atoms with E-state index in [1.807, 2.05) is 21.1 Å². The van der Waals surface area contributed by atoms with Crippen LogP contribution in [0.15, 0.2) is 36.5 Å². The molecule has 0 rings (SSSR count). The lowest BCUT2D eigenvalue weighted by Gasteiger charge is -2.24. The van der Waals surface area contributed by atoms with Gasteiger partial charge in [0.15, 0.2) is 6.10 Å². The Morgan fingerprint density at radius 1 is 0.378 bits per heavy atom. The van der Waals surface area contributed by atoms with Gasteiger partial charge in [0, 0.05) is 12.8 Å². The van der Waals surface area contributed by atoms with Gasteiger partial charge in [-0.1, -0.05) is 314 Å². The number of carbonyl (C=O) groups is 2. The van der Waals surface area contributed by atoms with Gasteiger partial charge in [-0.15, -0.1) is 0 Å². The van der Waals surface area contributed by atoms with Crippen molar-refractivity contribution < 1.29 is 42.1 Å². The highest BCUT2D eigenvalue weighted by Crippen LogP contribution is 2.43. The van der Waals surface area contributed by atoms with Gasteiger partial charge < -0.3 is 18.9 Å². The Morgan fingerprint density at radius 3 is 0.976 bits per heavy atom. The molecule has 82 heavy (non-hydrogen) atoms. The number of nitrogens with zero attached hydrogens (tertiary/aromatic N) is 1. The lowest BCUT2D eigenvalue weighted by molar-refractivity contribution is -0.870. The molecule has 0 bridgehead atoms. The molecule has 0 aliphatic heterocycles. The zero-order valence-corrected chi connectivity index (χ0v) is 56.1. The molecular weight excluding hydrogens is 1040 g/mol. The van der Waals surface area contributed by atoms with Crippen LogP contribution in [0.4, 0.5) is 0 Å². The van der Waals surface area contributed by atoms with Crippen molar-refractivity contribution in [3.05, 3.63) is 36.5 Å². The molecule has 10 heteroatoms. The van der Waals surface area contributed by atoms with E-state index in [9.17, 15) is 19.0 Å². The number of phosphoric ester groups is 1. The number of phosphoric acid groups is 1. The Labute approximate surface area is 510 Å². The number of unbranched alkanes of at least 4 members (excludes halogenated alkanes) is 47. The molecule has 0 aromatic rings. The van der Waals surface area contributed by atoms with E-state index in [0.717, 1.165) is 38.5 Å². The van der Waals surface area contributed by atoms with Gasteiger partial charge in [0.2, 0.25) is 0 Å². The zero-order chi connectivity index (χ0) is 59.8. The van der Waals surface area contributed by atoms with Gasteiger partial charge in [0.1, 0.15) is 19.8 Å². The first-order chi connectivity index (χ1) is 40.0. The highest BCUT2D eigenvalue weighted by Gasteiger charge is 2.27. The van der Waals surface area contributed by atoms with Crippen LogP contribution in [0.25, 0.3) is 0 Å². The van der Waals surface area contributed by atoms with Gasteiger partial charge in [0.05, 0.1) is 27.7 Å². The monoisotopic (exact) mass is 1180 g/mol. The Balaban J connectivity index is 3.97. The predicted molar refractivity (Wildman–Crippen MR) is 354 cm³/mol. The van der Waals surface area contributed by atoms with E-state index in [1.165, 1.54) is 289 Å². The molecule has 0 amide bonds. The molecule has 2 atom stereocenters. The summed E-state index contributed by atoms with van der Waals surface area (Å²) in [5, 5.41) is 0. The summed E-state index contributed by atoms with van der Waals surface area (Å²) in [5.41, 5.74) is 0. The van der Waals surface area contributed by atoms with Gasteiger partial charge >= 0.3 is 19.8 Å². The summed E-state index contributed by atoms with van der Waals surface area (Å²) in [6.07, 6.45) is 81.2. The number of carbonyl (C=O) groups excluding carboxylic acids is 2. The molecule has 0 saturated carbocycles. The Bertz CT molecular complexity index is 1480. The molecule has 0 fully saturated rings. The molecule has 0 aromatic carbocycles. The van der Waals surface area contributed by atoms with E-state index in [2.05, 4.69) is 50.3 Å². The molecule has 0 heterocycles. The van der Waals surface area contributed by atoms with Crippen molar-refractivity contribution in [1.82, 2.24) is 0 Å². The lowest BCUT2D eigenvalue weighted by atomic mass is 10.0. The summed E-state index contributed by atoms with van der Waals surface area (Å²) in [4.78, 5) is 35.9. The maximum absolute atomic E-state index is 12.9. The van der Waals surface area contributed by atoms with Crippen LogP contribution in [0.3, 0.4) is 0 Å². The first kappa shape index (κ1) is 80.2. The second-order valence-corrected chi connectivity index (χ2v) is 27.1. The fourth-order valence-electron chi connectivity index (χ4n) is 10.6. The van der Waals surface area contributed by atoms with Crippen molar-refractivity contribution in [2.24, 2.45) is 0 Å².